The third kappa shape index (κ3) is 14.3. The van der Waals surface area contributed by atoms with Crippen LogP contribution in [0.15, 0.2) is 97.1 Å². The Morgan fingerprint density at radius 3 is 1.54 bits per heavy atom. The van der Waals surface area contributed by atoms with Gasteiger partial charge in [0.2, 0.25) is 0 Å². The predicted molar refractivity (Wildman–Crippen MR) is 226 cm³/mol. The van der Waals surface area contributed by atoms with Gasteiger partial charge in [-0.15, -0.1) is 0 Å². The van der Waals surface area contributed by atoms with Crippen molar-refractivity contribution in [3.05, 3.63) is 108 Å². The second kappa shape index (κ2) is 22.3. The Bertz CT molecular complexity index is 1780. The molecule has 1 unspecified atom stereocenters. The normalized spacial score (nSPS) is 14.8. The smallest absolute Gasteiger partial charge is 0.338 e. The molecule has 8 heteroatoms. The van der Waals surface area contributed by atoms with Crippen molar-refractivity contribution >= 4 is 11.9 Å². The predicted octanol–water partition coefficient (Wildman–Crippen LogP) is 11.3. The van der Waals surface area contributed by atoms with Crippen LogP contribution in [0.3, 0.4) is 0 Å². The summed E-state index contributed by atoms with van der Waals surface area (Å²) in [7, 11) is 0. The summed E-state index contributed by atoms with van der Waals surface area (Å²) >= 11 is 0. The van der Waals surface area contributed by atoms with E-state index in [-0.39, 0.29) is 23.5 Å². The summed E-state index contributed by atoms with van der Waals surface area (Å²) < 4.78 is 34.1. The van der Waals surface area contributed by atoms with E-state index in [2.05, 4.69) is 34.6 Å². The third-order valence-electron chi connectivity index (χ3n) is 10.7. The van der Waals surface area contributed by atoms with Crippen molar-refractivity contribution in [2.75, 3.05) is 46.2 Å². The maximum absolute atomic E-state index is 12.7. The van der Waals surface area contributed by atoms with E-state index in [0.717, 1.165) is 105 Å². The van der Waals surface area contributed by atoms with Crippen LogP contribution in [0.25, 0.3) is 22.3 Å². The average molecular weight is 779 g/mol. The molecule has 0 N–H and O–H groups in total. The van der Waals surface area contributed by atoms with Gasteiger partial charge in [-0.1, -0.05) is 76.2 Å². The van der Waals surface area contributed by atoms with E-state index in [0.29, 0.717) is 42.8 Å². The Labute approximate surface area is 340 Å². The van der Waals surface area contributed by atoms with E-state index in [4.69, 9.17) is 28.4 Å². The monoisotopic (exact) mass is 778 g/mol. The first kappa shape index (κ1) is 43.5. The molecular formula is C49H62O8. The zero-order valence-electron chi connectivity index (χ0n) is 34.6. The van der Waals surface area contributed by atoms with Gasteiger partial charge < -0.3 is 28.4 Å². The third-order valence-corrected chi connectivity index (χ3v) is 10.7. The second-order valence-corrected chi connectivity index (χ2v) is 16.1. The number of benzene rings is 4. The second-order valence-electron chi connectivity index (χ2n) is 16.1. The van der Waals surface area contributed by atoms with Crippen molar-refractivity contribution in [2.24, 2.45) is 17.3 Å². The van der Waals surface area contributed by atoms with Crippen LogP contribution in [0, 0.1) is 17.3 Å². The van der Waals surface area contributed by atoms with Crippen LogP contribution in [-0.4, -0.2) is 64.3 Å². The number of esters is 2. The van der Waals surface area contributed by atoms with Crippen LogP contribution < -0.4 is 9.47 Å². The first-order valence-electron chi connectivity index (χ1n) is 20.8. The molecule has 4 aromatic carbocycles. The number of carbonyl (C=O) groups excluding carboxylic acids is 2. The SMILES string of the molecule is CC[C@H](C)Oc1ccc(-c2ccc(C(=O)OCC[C@H](C)CCCOC(=O)c3ccc(-c4ccc(OCCCC(C)CCOCC5(C)COC5)cc4)cc3)cc2)cc1. The molecule has 57 heavy (non-hydrogen) atoms. The fourth-order valence-electron chi connectivity index (χ4n) is 6.55. The number of carbonyl (C=O) groups is 2. The average Bonchev–Trinajstić information content (AvgIpc) is 3.22. The topological polar surface area (TPSA) is 89.5 Å². The molecular weight excluding hydrogens is 717 g/mol. The van der Waals surface area contributed by atoms with Gasteiger partial charge in [0.15, 0.2) is 0 Å². The molecule has 0 aliphatic carbocycles. The van der Waals surface area contributed by atoms with Gasteiger partial charge in [0.05, 0.1) is 56.9 Å². The Hall–Kier alpha value is -4.66. The van der Waals surface area contributed by atoms with Gasteiger partial charge in [0.25, 0.3) is 0 Å². The molecule has 1 heterocycles. The lowest BCUT2D eigenvalue weighted by Crippen LogP contribution is -2.43. The Morgan fingerprint density at radius 2 is 1.05 bits per heavy atom. The number of rotatable bonds is 24. The maximum Gasteiger partial charge on any atom is 0.338 e. The molecule has 0 bridgehead atoms. The van der Waals surface area contributed by atoms with E-state index < -0.39 is 0 Å². The fraction of sp³-hybridized carbons (Fsp3) is 0.469. The van der Waals surface area contributed by atoms with Crippen LogP contribution in [0.5, 0.6) is 11.5 Å². The van der Waals surface area contributed by atoms with Crippen molar-refractivity contribution in [1.82, 2.24) is 0 Å². The van der Waals surface area contributed by atoms with Gasteiger partial charge >= 0.3 is 11.9 Å². The van der Waals surface area contributed by atoms with Gasteiger partial charge in [-0.2, -0.15) is 0 Å². The van der Waals surface area contributed by atoms with E-state index in [1.54, 1.807) is 12.1 Å². The number of ether oxygens (including phenoxy) is 6. The van der Waals surface area contributed by atoms with Gasteiger partial charge in [0, 0.05) is 12.0 Å². The molecule has 1 saturated heterocycles. The largest absolute Gasteiger partial charge is 0.494 e. The van der Waals surface area contributed by atoms with Crippen molar-refractivity contribution < 1.29 is 38.0 Å². The summed E-state index contributed by atoms with van der Waals surface area (Å²) in [5, 5.41) is 0. The van der Waals surface area contributed by atoms with E-state index >= 15 is 0 Å². The molecule has 4 aromatic rings. The number of hydrogen-bond donors (Lipinski definition) is 0. The summed E-state index contributed by atoms with van der Waals surface area (Å²) in [5.41, 5.74) is 5.43. The molecule has 3 atom stereocenters. The minimum atomic E-state index is -0.328. The van der Waals surface area contributed by atoms with Gasteiger partial charge in [-0.25, -0.2) is 9.59 Å². The fourth-order valence-corrected chi connectivity index (χ4v) is 6.55. The minimum Gasteiger partial charge on any atom is -0.494 e. The van der Waals surface area contributed by atoms with Crippen molar-refractivity contribution in [3.63, 3.8) is 0 Å². The Morgan fingerprint density at radius 1 is 0.596 bits per heavy atom. The Balaban J connectivity index is 0.912. The molecule has 0 spiro atoms. The number of hydrogen-bond acceptors (Lipinski definition) is 8. The van der Waals surface area contributed by atoms with Crippen molar-refractivity contribution in [1.29, 1.82) is 0 Å². The molecule has 0 aromatic heterocycles. The highest BCUT2D eigenvalue weighted by Gasteiger charge is 2.33. The lowest BCUT2D eigenvalue weighted by molar-refractivity contribution is -0.138. The standard InChI is InChI=1S/C49H62O8/c1-6-38(4)57-46-25-21-42(22-26-46)40-13-17-44(18-14-40)48(51)56-32-28-37(3)10-8-30-55-47(50)43-15-11-39(12-16-43)41-19-23-45(24-20-41)54-29-7-9-36(2)27-31-52-33-49(5)34-53-35-49/h11-26,36-38H,6-10,27-35H2,1-5H3/t36?,37-,38+/m1/s1. The molecule has 8 nitrogen and oxygen atoms in total. The highest BCUT2D eigenvalue weighted by molar-refractivity contribution is 5.90. The molecule has 306 valence electrons. The van der Waals surface area contributed by atoms with Crippen LogP contribution in [0.4, 0.5) is 0 Å². The van der Waals surface area contributed by atoms with E-state index in [1.807, 2.05) is 84.9 Å². The molecule has 5 rings (SSSR count). The molecule has 0 amide bonds. The van der Waals surface area contributed by atoms with Crippen LogP contribution in [0.2, 0.25) is 0 Å². The summed E-state index contributed by atoms with van der Waals surface area (Å²) in [6, 6.07) is 31.0. The van der Waals surface area contributed by atoms with Crippen molar-refractivity contribution in [2.45, 2.75) is 85.7 Å². The van der Waals surface area contributed by atoms with E-state index in [1.165, 1.54) is 0 Å². The highest BCUT2D eigenvalue weighted by atomic mass is 16.5. The lowest BCUT2D eigenvalue weighted by Gasteiger charge is -2.37. The highest BCUT2D eigenvalue weighted by Crippen LogP contribution is 2.28. The first-order valence-corrected chi connectivity index (χ1v) is 20.8. The van der Waals surface area contributed by atoms with Gasteiger partial charge in [-0.3, -0.25) is 0 Å². The van der Waals surface area contributed by atoms with Crippen LogP contribution >= 0.6 is 0 Å². The molecule has 0 radical (unpaired) electrons. The summed E-state index contributed by atoms with van der Waals surface area (Å²) in [4.78, 5) is 25.3. The van der Waals surface area contributed by atoms with Gasteiger partial charge in [-0.05, 0) is 134 Å². The lowest BCUT2D eigenvalue weighted by atomic mass is 9.90. The molecule has 1 fully saturated rings. The molecule has 1 aliphatic heterocycles. The maximum atomic E-state index is 12.7. The molecule has 1 aliphatic rings. The zero-order valence-corrected chi connectivity index (χ0v) is 34.6. The van der Waals surface area contributed by atoms with E-state index in [9.17, 15) is 9.59 Å². The summed E-state index contributed by atoms with van der Waals surface area (Å²) in [6.45, 7) is 15.3. The first-order chi connectivity index (χ1) is 27.6. The molecule has 0 saturated carbocycles. The summed E-state index contributed by atoms with van der Waals surface area (Å²) in [5.74, 6) is 1.97. The summed E-state index contributed by atoms with van der Waals surface area (Å²) in [6.07, 6.45) is 6.66. The van der Waals surface area contributed by atoms with Gasteiger partial charge in [0.1, 0.15) is 11.5 Å². The minimum absolute atomic E-state index is 0.177. The zero-order chi connectivity index (χ0) is 40.5. The van der Waals surface area contributed by atoms with Crippen molar-refractivity contribution in [3.8, 4) is 33.8 Å². The van der Waals surface area contributed by atoms with Crippen LogP contribution in [0.1, 0.15) is 100 Å². The quantitative estimate of drug-likeness (QED) is 0.0513. The Kier molecular flexibility index (Phi) is 17.0. The van der Waals surface area contributed by atoms with Crippen LogP contribution in [-0.2, 0) is 18.9 Å².